The third-order valence-electron chi connectivity index (χ3n) is 2.74. The van der Waals surface area contributed by atoms with Crippen molar-refractivity contribution in [2.24, 2.45) is 10.3 Å². The van der Waals surface area contributed by atoms with E-state index in [4.69, 9.17) is 0 Å². The topological polar surface area (TPSA) is 120 Å². The molecule has 0 aliphatic rings. The third-order valence-corrected chi connectivity index (χ3v) is 2.74. The Morgan fingerprint density at radius 1 is 1.04 bits per heavy atom. The molecule has 0 aliphatic heterocycles. The summed E-state index contributed by atoms with van der Waals surface area (Å²) in [5.74, 6) is -0.988. The summed E-state index contributed by atoms with van der Waals surface area (Å²) in [6, 6.07) is 13.4. The maximum atomic E-state index is 12.1. The normalized spacial score (nSPS) is 11.9. The summed E-state index contributed by atoms with van der Waals surface area (Å²) >= 11 is 0. The number of oxime groups is 1. The van der Waals surface area contributed by atoms with Gasteiger partial charge in [0.2, 0.25) is 5.69 Å². The molecule has 0 heterocycles. The van der Waals surface area contributed by atoms with E-state index < -0.39 is 10.9 Å². The van der Waals surface area contributed by atoms with Gasteiger partial charge in [-0.3, -0.25) is 10.1 Å². The molecule has 0 N–H and O–H groups in total. The van der Waals surface area contributed by atoms with Gasteiger partial charge in [0.1, 0.15) is 0 Å². The van der Waals surface area contributed by atoms with Crippen LogP contribution in [0.4, 0.5) is 11.4 Å². The van der Waals surface area contributed by atoms with Gasteiger partial charge in [0.15, 0.2) is 0 Å². The van der Waals surface area contributed by atoms with Crippen molar-refractivity contribution in [3.63, 3.8) is 0 Å². The molecule has 0 aliphatic carbocycles. The zero-order valence-corrected chi connectivity index (χ0v) is 12.5. The van der Waals surface area contributed by atoms with Gasteiger partial charge in [-0.15, -0.1) is 0 Å². The highest BCUT2D eigenvalue weighted by atomic mass is 16.7. The van der Waals surface area contributed by atoms with Crippen molar-refractivity contribution >= 4 is 23.2 Å². The summed E-state index contributed by atoms with van der Waals surface area (Å²) in [5, 5.41) is 30.2. The van der Waals surface area contributed by atoms with Crippen LogP contribution in [0.1, 0.15) is 12.5 Å². The molecule has 0 aromatic heterocycles. The predicted molar refractivity (Wildman–Crippen MR) is 83.6 cm³/mol. The van der Waals surface area contributed by atoms with Crippen LogP contribution in [-0.2, 0) is 9.63 Å². The van der Waals surface area contributed by atoms with Gasteiger partial charge < -0.3 is 10.0 Å². The third kappa shape index (κ3) is 4.44. The van der Waals surface area contributed by atoms with E-state index in [2.05, 4.69) is 15.1 Å². The molecular formula is C15H12N4O5. The van der Waals surface area contributed by atoms with E-state index in [1.807, 2.05) is 0 Å². The second-order valence-electron chi connectivity index (χ2n) is 4.51. The van der Waals surface area contributed by atoms with Gasteiger partial charge in [0, 0.05) is 41.9 Å². The van der Waals surface area contributed by atoms with Gasteiger partial charge in [0.25, 0.3) is 11.5 Å². The predicted octanol–water partition coefficient (Wildman–Crippen LogP) is 3.11. The number of hydrogen-bond donors (Lipinski definition) is 0. The molecule has 0 atom stereocenters. The molecule has 0 unspecified atom stereocenters. The molecule has 9 heteroatoms. The molecule has 0 spiro atoms. The summed E-state index contributed by atoms with van der Waals surface area (Å²) in [4.78, 5) is 26.0. The molecule has 0 saturated carbocycles. The molecule has 24 heavy (non-hydrogen) atoms. The average Bonchev–Trinajstić information content (AvgIpc) is 2.59. The molecule has 2 aromatic carbocycles. The number of amidine groups is 1. The van der Waals surface area contributed by atoms with Crippen molar-refractivity contribution in [2.75, 3.05) is 0 Å². The maximum absolute atomic E-state index is 12.1. The molecular weight excluding hydrogens is 316 g/mol. The Bertz CT molecular complexity index is 818. The second kappa shape index (κ2) is 7.58. The number of non-ortho nitro benzene ring substituents is 1. The van der Waals surface area contributed by atoms with Crippen LogP contribution in [0.5, 0.6) is 0 Å². The van der Waals surface area contributed by atoms with Crippen LogP contribution >= 0.6 is 0 Å². The first-order valence-corrected chi connectivity index (χ1v) is 6.72. The number of carbonyl (C=O) groups is 1. The minimum Gasteiger partial charge on any atom is -0.594 e. The number of benzene rings is 2. The number of hydrogen-bond acceptors (Lipinski definition) is 6. The highest BCUT2D eigenvalue weighted by Crippen LogP contribution is 2.16. The number of azo groups is 1. The van der Waals surface area contributed by atoms with Crippen molar-refractivity contribution in [3.8, 4) is 0 Å². The van der Waals surface area contributed by atoms with Crippen LogP contribution < -0.4 is 0 Å². The van der Waals surface area contributed by atoms with E-state index >= 15 is 0 Å². The highest BCUT2D eigenvalue weighted by molar-refractivity contribution is 5.99. The summed E-state index contributed by atoms with van der Waals surface area (Å²) < 4.78 is 0. The fourth-order valence-electron chi connectivity index (χ4n) is 1.69. The Morgan fingerprint density at radius 3 is 2.33 bits per heavy atom. The van der Waals surface area contributed by atoms with Gasteiger partial charge in [-0.25, -0.2) is 4.79 Å². The summed E-state index contributed by atoms with van der Waals surface area (Å²) in [6.45, 7) is 1.13. The Morgan fingerprint density at radius 2 is 1.71 bits per heavy atom. The van der Waals surface area contributed by atoms with Crippen molar-refractivity contribution in [1.29, 1.82) is 0 Å². The zero-order valence-electron chi connectivity index (χ0n) is 12.5. The number of rotatable bonds is 4. The fourth-order valence-corrected chi connectivity index (χ4v) is 1.69. The van der Waals surface area contributed by atoms with E-state index in [0.29, 0.717) is 0 Å². The Hall–Kier alpha value is -3.62. The first-order valence-electron chi connectivity index (χ1n) is 6.72. The van der Waals surface area contributed by atoms with Crippen LogP contribution in [0, 0.1) is 15.3 Å². The molecule has 2 rings (SSSR count). The van der Waals surface area contributed by atoms with Crippen molar-refractivity contribution in [2.45, 2.75) is 6.92 Å². The monoisotopic (exact) mass is 328 g/mol. The summed E-state index contributed by atoms with van der Waals surface area (Å²) in [6.07, 6.45) is 0. The number of carbonyl (C=O) groups excluding carboxylic acids is 1. The van der Waals surface area contributed by atoms with Crippen molar-refractivity contribution < 1.29 is 19.4 Å². The lowest BCUT2D eigenvalue weighted by Crippen LogP contribution is -2.06. The molecule has 122 valence electrons. The lowest BCUT2D eigenvalue weighted by atomic mass is 10.2. The Labute approximate surface area is 136 Å². The smallest absolute Gasteiger partial charge is 0.332 e. The van der Waals surface area contributed by atoms with Crippen LogP contribution in [0.15, 0.2) is 64.9 Å². The molecule has 0 fully saturated rings. The van der Waals surface area contributed by atoms with E-state index in [1.165, 1.54) is 36.4 Å². The zero-order chi connectivity index (χ0) is 17.5. The first kappa shape index (κ1) is 16.7. The molecule has 0 saturated heterocycles. The molecule has 2 aromatic rings. The van der Waals surface area contributed by atoms with Crippen molar-refractivity contribution in [1.82, 2.24) is 0 Å². The number of para-hydroxylation sites is 1. The van der Waals surface area contributed by atoms with E-state index in [9.17, 15) is 20.1 Å². The molecule has 9 nitrogen and oxygen atoms in total. The Balaban J connectivity index is 2.46. The highest BCUT2D eigenvalue weighted by Gasteiger charge is 2.15. The largest absolute Gasteiger partial charge is 0.594 e. The van der Waals surface area contributed by atoms with Gasteiger partial charge in [0.05, 0.1) is 4.92 Å². The quantitative estimate of drug-likeness (QED) is 0.162. The van der Waals surface area contributed by atoms with E-state index in [-0.39, 0.29) is 27.6 Å². The van der Waals surface area contributed by atoms with Crippen LogP contribution in [-0.4, -0.2) is 21.6 Å². The minimum atomic E-state index is -0.717. The lowest BCUT2D eigenvalue weighted by molar-refractivity contribution is -0.433. The van der Waals surface area contributed by atoms with Crippen LogP contribution in [0.25, 0.3) is 0 Å². The standard InChI is InChI=1S/C15H12N4O5/c1-11(20)24-17-15(12-6-5-9-14(10-12)19(22)23)16-18(21)13-7-3-2-4-8-13/h2-10H,1H3/b17-15+,18-16?. The van der Waals surface area contributed by atoms with Gasteiger partial charge in [-0.1, -0.05) is 30.3 Å². The first-order chi connectivity index (χ1) is 11.5. The fraction of sp³-hybridized carbons (Fsp3) is 0.0667. The van der Waals surface area contributed by atoms with Crippen LogP contribution in [0.3, 0.4) is 0 Å². The minimum absolute atomic E-state index is 0.155. The van der Waals surface area contributed by atoms with Crippen molar-refractivity contribution in [3.05, 3.63) is 75.5 Å². The molecule has 0 radical (unpaired) electrons. The maximum Gasteiger partial charge on any atom is 0.332 e. The van der Waals surface area contributed by atoms with Gasteiger partial charge >= 0.3 is 5.97 Å². The van der Waals surface area contributed by atoms with E-state index in [0.717, 1.165) is 6.92 Å². The summed E-state index contributed by atoms with van der Waals surface area (Å²) in [5.41, 5.74) is 0.163. The average molecular weight is 328 g/mol. The Kier molecular flexibility index (Phi) is 5.29. The lowest BCUT2D eigenvalue weighted by Gasteiger charge is -2.02. The van der Waals surface area contributed by atoms with Gasteiger partial charge in [-0.2, -0.15) is 0 Å². The number of nitro groups is 1. The van der Waals surface area contributed by atoms with Crippen LogP contribution in [0.2, 0.25) is 0 Å². The number of nitrogens with zero attached hydrogens (tertiary/aromatic N) is 4. The second-order valence-corrected chi connectivity index (χ2v) is 4.51. The van der Waals surface area contributed by atoms with Gasteiger partial charge in [-0.05, 0) is 10.0 Å². The van der Waals surface area contributed by atoms with E-state index in [1.54, 1.807) is 18.2 Å². The molecule has 0 amide bonds. The SMILES string of the molecule is CC(=O)O/N=C(/N=[N+]([O-])c1ccccc1)c1cccc([N+](=O)[O-])c1. The summed E-state index contributed by atoms with van der Waals surface area (Å²) in [7, 11) is 0. The number of nitro benzene ring substituents is 1. The molecule has 0 bridgehead atoms.